The summed E-state index contributed by atoms with van der Waals surface area (Å²) in [6.07, 6.45) is -11.1. The van der Waals surface area contributed by atoms with Gasteiger partial charge in [-0.1, -0.05) is 41.4 Å². The SMILES string of the molecule is O=C(CC(c1cccc(C(F)(F)F)c1)C(F)(F)F)Nc1ccc(Cl)c(C(=O)Nc2ccc(F)cc2Cl)c1. The summed E-state index contributed by atoms with van der Waals surface area (Å²) in [6, 6.07) is 9.34. The van der Waals surface area contributed by atoms with Crippen molar-refractivity contribution in [2.24, 2.45) is 0 Å². The van der Waals surface area contributed by atoms with Gasteiger partial charge in [0.2, 0.25) is 5.91 Å². The third kappa shape index (κ3) is 7.36. The zero-order chi connectivity index (χ0) is 27.5. The van der Waals surface area contributed by atoms with Crippen molar-refractivity contribution in [1.29, 1.82) is 0 Å². The van der Waals surface area contributed by atoms with Crippen molar-refractivity contribution in [3.8, 4) is 0 Å². The highest BCUT2D eigenvalue weighted by atomic mass is 35.5. The van der Waals surface area contributed by atoms with Crippen LogP contribution in [0.25, 0.3) is 0 Å². The van der Waals surface area contributed by atoms with Crippen molar-refractivity contribution in [3.05, 3.63) is 93.2 Å². The first-order valence-corrected chi connectivity index (χ1v) is 11.0. The molecule has 0 spiro atoms. The van der Waals surface area contributed by atoms with Crippen molar-refractivity contribution in [1.82, 2.24) is 0 Å². The number of carbonyl (C=O) groups is 2. The van der Waals surface area contributed by atoms with Crippen LogP contribution in [0.1, 0.15) is 33.8 Å². The molecule has 1 unspecified atom stereocenters. The predicted molar refractivity (Wildman–Crippen MR) is 124 cm³/mol. The number of benzene rings is 3. The summed E-state index contributed by atoms with van der Waals surface area (Å²) in [5.74, 6) is -5.15. The van der Waals surface area contributed by atoms with Gasteiger partial charge in [0.15, 0.2) is 0 Å². The van der Waals surface area contributed by atoms with E-state index < -0.39 is 53.4 Å². The first-order chi connectivity index (χ1) is 17.1. The van der Waals surface area contributed by atoms with Gasteiger partial charge in [-0.25, -0.2) is 4.39 Å². The summed E-state index contributed by atoms with van der Waals surface area (Å²) in [6.45, 7) is 0. The number of alkyl halides is 6. The Balaban J connectivity index is 1.79. The number of amides is 2. The van der Waals surface area contributed by atoms with Gasteiger partial charge >= 0.3 is 12.4 Å². The second-order valence-corrected chi connectivity index (χ2v) is 8.56. The Bertz CT molecular complexity index is 1330. The van der Waals surface area contributed by atoms with Crippen molar-refractivity contribution < 1.29 is 40.3 Å². The topological polar surface area (TPSA) is 58.2 Å². The van der Waals surface area contributed by atoms with Gasteiger partial charge in [0.1, 0.15) is 5.82 Å². The highest BCUT2D eigenvalue weighted by Gasteiger charge is 2.43. The van der Waals surface area contributed by atoms with E-state index in [9.17, 15) is 40.3 Å². The molecule has 4 nitrogen and oxygen atoms in total. The third-order valence-corrected chi connectivity index (χ3v) is 5.72. The molecule has 0 heterocycles. The molecule has 0 saturated heterocycles. The van der Waals surface area contributed by atoms with Crippen LogP contribution in [-0.4, -0.2) is 18.0 Å². The number of anilines is 2. The normalized spacial score (nSPS) is 12.7. The molecule has 0 radical (unpaired) electrons. The van der Waals surface area contributed by atoms with Crippen LogP contribution >= 0.6 is 23.2 Å². The lowest BCUT2D eigenvalue weighted by atomic mass is 9.93. The number of rotatable bonds is 6. The molecule has 0 aliphatic heterocycles. The van der Waals surface area contributed by atoms with E-state index in [1.54, 1.807) is 0 Å². The molecule has 2 amide bonds. The molecular formula is C24H15Cl2F7N2O2. The standard InChI is InChI=1S/C24H15Cl2F7N2O2/c25-18-6-5-15(10-16(18)22(37)35-20-7-4-14(27)9-19(20)26)34-21(36)11-17(24(31,32)33)12-2-1-3-13(8-12)23(28,29)30/h1-10,17H,11H2,(H,34,36)(H,35,37). The van der Waals surface area contributed by atoms with Crippen molar-refractivity contribution >= 4 is 46.4 Å². The maximum absolute atomic E-state index is 13.7. The Hall–Kier alpha value is -3.31. The summed E-state index contributed by atoms with van der Waals surface area (Å²) in [4.78, 5) is 25.1. The van der Waals surface area contributed by atoms with E-state index in [1.807, 2.05) is 0 Å². The van der Waals surface area contributed by atoms with Crippen LogP contribution < -0.4 is 10.6 Å². The molecule has 3 aromatic carbocycles. The summed E-state index contributed by atoms with van der Waals surface area (Å²) >= 11 is 11.9. The fraction of sp³-hybridized carbons (Fsp3) is 0.167. The van der Waals surface area contributed by atoms with Gasteiger partial charge in [-0.2, -0.15) is 26.3 Å². The summed E-state index contributed by atoms with van der Waals surface area (Å²) in [5, 5.41) is 4.39. The maximum Gasteiger partial charge on any atom is 0.416 e. The van der Waals surface area contributed by atoms with E-state index in [-0.39, 0.29) is 27.0 Å². The number of halogens is 9. The quantitative estimate of drug-likeness (QED) is 0.296. The van der Waals surface area contributed by atoms with Crippen molar-refractivity contribution in [3.63, 3.8) is 0 Å². The molecule has 3 aromatic rings. The Morgan fingerprint density at radius 2 is 1.54 bits per heavy atom. The number of hydrogen-bond donors (Lipinski definition) is 2. The summed E-state index contributed by atoms with van der Waals surface area (Å²) in [7, 11) is 0. The zero-order valence-corrected chi connectivity index (χ0v) is 19.8. The lowest BCUT2D eigenvalue weighted by Gasteiger charge is -2.21. The van der Waals surface area contributed by atoms with Crippen molar-refractivity contribution in [2.75, 3.05) is 10.6 Å². The minimum Gasteiger partial charge on any atom is -0.326 e. The lowest BCUT2D eigenvalue weighted by molar-refractivity contribution is -0.156. The highest BCUT2D eigenvalue weighted by Crippen LogP contribution is 2.40. The van der Waals surface area contributed by atoms with Crippen LogP contribution in [0.4, 0.5) is 42.1 Å². The molecule has 2 N–H and O–H groups in total. The van der Waals surface area contributed by atoms with Gasteiger partial charge in [0.25, 0.3) is 5.91 Å². The van der Waals surface area contributed by atoms with Gasteiger partial charge in [-0.3, -0.25) is 9.59 Å². The molecular weight excluding hydrogens is 552 g/mol. The fourth-order valence-corrected chi connectivity index (χ4v) is 3.73. The molecule has 196 valence electrons. The average molecular weight is 567 g/mol. The number of carbonyl (C=O) groups excluding carboxylic acids is 2. The zero-order valence-electron chi connectivity index (χ0n) is 18.3. The first-order valence-electron chi connectivity index (χ1n) is 10.2. The predicted octanol–water partition coefficient (Wildman–Crippen LogP) is 8.08. The minimum atomic E-state index is -5.03. The Kier molecular flexibility index (Phi) is 8.38. The monoisotopic (exact) mass is 566 g/mol. The molecule has 0 aliphatic carbocycles. The molecule has 0 aromatic heterocycles. The second-order valence-electron chi connectivity index (χ2n) is 7.74. The molecule has 0 aliphatic rings. The van der Waals surface area contributed by atoms with Gasteiger partial charge in [0, 0.05) is 12.1 Å². The second kappa shape index (κ2) is 11.0. The van der Waals surface area contributed by atoms with Crippen LogP contribution in [0.2, 0.25) is 10.0 Å². The fourth-order valence-electron chi connectivity index (χ4n) is 3.31. The molecule has 37 heavy (non-hydrogen) atoms. The molecule has 13 heteroatoms. The average Bonchev–Trinajstić information content (AvgIpc) is 2.79. The highest BCUT2D eigenvalue weighted by molar-refractivity contribution is 6.36. The van der Waals surface area contributed by atoms with Gasteiger partial charge in [0.05, 0.1) is 32.8 Å². The Morgan fingerprint density at radius 3 is 2.16 bits per heavy atom. The van der Waals surface area contributed by atoms with Crippen LogP contribution in [-0.2, 0) is 11.0 Å². The molecule has 0 saturated carbocycles. The third-order valence-electron chi connectivity index (χ3n) is 5.08. The largest absolute Gasteiger partial charge is 0.416 e. The molecule has 3 rings (SSSR count). The molecule has 0 fully saturated rings. The van der Waals surface area contributed by atoms with Crippen LogP contribution in [0.3, 0.4) is 0 Å². The summed E-state index contributed by atoms with van der Waals surface area (Å²) < 4.78 is 93.1. The van der Waals surface area contributed by atoms with Crippen LogP contribution in [0, 0.1) is 5.82 Å². The smallest absolute Gasteiger partial charge is 0.326 e. The lowest BCUT2D eigenvalue weighted by Crippen LogP contribution is -2.26. The maximum atomic E-state index is 13.7. The van der Waals surface area contributed by atoms with E-state index in [0.717, 1.165) is 30.3 Å². The van der Waals surface area contributed by atoms with E-state index >= 15 is 0 Å². The van der Waals surface area contributed by atoms with E-state index in [4.69, 9.17) is 23.2 Å². The molecule has 0 bridgehead atoms. The molecule has 1 atom stereocenters. The van der Waals surface area contributed by atoms with E-state index in [2.05, 4.69) is 10.6 Å². The van der Waals surface area contributed by atoms with Crippen LogP contribution in [0.15, 0.2) is 60.7 Å². The number of nitrogens with one attached hydrogen (secondary N) is 2. The Morgan fingerprint density at radius 1 is 0.838 bits per heavy atom. The van der Waals surface area contributed by atoms with Crippen molar-refractivity contribution in [2.45, 2.75) is 24.7 Å². The van der Waals surface area contributed by atoms with Gasteiger partial charge in [-0.05, 0) is 48.0 Å². The first kappa shape index (κ1) is 28.3. The summed E-state index contributed by atoms with van der Waals surface area (Å²) in [5.41, 5.74) is -2.26. The van der Waals surface area contributed by atoms with Gasteiger partial charge in [-0.15, -0.1) is 0 Å². The Labute approximate surface area is 215 Å². The van der Waals surface area contributed by atoms with Gasteiger partial charge < -0.3 is 10.6 Å². The van der Waals surface area contributed by atoms with E-state index in [1.165, 1.54) is 18.2 Å². The van der Waals surface area contributed by atoms with Crippen LogP contribution in [0.5, 0.6) is 0 Å². The van der Waals surface area contributed by atoms with E-state index in [0.29, 0.717) is 12.1 Å². The number of hydrogen-bond acceptors (Lipinski definition) is 2. The minimum absolute atomic E-state index is 0.0488.